The third kappa shape index (κ3) is 6.57. The van der Waals surface area contributed by atoms with Crippen molar-refractivity contribution in [2.24, 2.45) is 5.73 Å². The Morgan fingerprint density at radius 1 is 1.00 bits per heavy atom. The molecule has 4 N–H and O–H groups in total. The molecule has 2 aromatic carbocycles. The molecule has 25 heavy (non-hydrogen) atoms. The highest BCUT2D eigenvalue weighted by atomic mass is 35.5. The average Bonchev–Trinajstić information content (AvgIpc) is 2.59. The minimum atomic E-state index is -0.550. The Balaban J connectivity index is 0.00000312. The molecule has 0 heterocycles. The third-order valence-electron chi connectivity index (χ3n) is 3.64. The van der Waals surface area contributed by atoms with Gasteiger partial charge in [-0.2, -0.15) is 0 Å². The van der Waals surface area contributed by atoms with Crippen LogP contribution in [0.25, 0.3) is 0 Å². The van der Waals surface area contributed by atoms with Gasteiger partial charge < -0.3 is 16.4 Å². The number of nitrogens with one attached hydrogen (secondary N) is 2. The number of nitrogens with two attached hydrogens (primary N) is 1. The van der Waals surface area contributed by atoms with Gasteiger partial charge in [0.1, 0.15) is 0 Å². The lowest BCUT2D eigenvalue weighted by molar-refractivity contribution is -0.122. The van der Waals surface area contributed by atoms with Gasteiger partial charge >= 0.3 is 0 Å². The van der Waals surface area contributed by atoms with Crippen molar-refractivity contribution in [2.45, 2.75) is 33.0 Å². The van der Waals surface area contributed by atoms with Crippen molar-refractivity contribution < 1.29 is 9.59 Å². The second kappa shape index (κ2) is 9.81. The zero-order valence-corrected chi connectivity index (χ0v) is 15.2. The van der Waals surface area contributed by atoms with Crippen LogP contribution in [0.1, 0.15) is 34.0 Å². The van der Waals surface area contributed by atoms with Crippen LogP contribution in [-0.4, -0.2) is 17.9 Å². The molecule has 0 aromatic heterocycles. The second-order valence-electron chi connectivity index (χ2n) is 5.88. The van der Waals surface area contributed by atoms with Gasteiger partial charge in [0.2, 0.25) is 5.91 Å². The highest BCUT2D eigenvalue weighted by Gasteiger charge is 2.09. The molecule has 0 bridgehead atoms. The van der Waals surface area contributed by atoms with Crippen molar-refractivity contribution in [3.05, 3.63) is 70.8 Å². The van der Waals surface area contributed by atoms with Crippen molar-refractivity contribution in [1.29, 1.82) is 0 Å². The topological polar surface area (TPSA) is 84.2 Å². The average molecular weight is 362 g/mol. The van der Waals surface area contributed by atoms with Crippen LogP contribution in [0.3, 0.4) is 0 Å². The summed E-state index contributed by atoms with van der Waals surface area (Å²) in [5, 5.41) is 5.63. The first-order chi connectivity index (χ1) is 11.5. The monoisotopic (exact) mass is 361 g/mol. The number of benzene rings is 2. The predicted molar refractivity (Wildman–Crippen MR) is 102 cm³/mol. The summed E-state index contributed by atoms with van der Waals surface area (Å²) in [5.41, 5.74) is 9.16. The first kappa shape index (κ1) is 20.7. The Morgan fingerprint density at radius 2 is 1.64 bits per heavy atom. The molecule has 0 radical (unpaired) electrons. The number of rotatable bonds is 6. The summed E-state index contributed by atoms with van der Waals surface area (Å²) >= 11 is 0. The lowest BCUT2D eigenvalue weighted by atomic mass is 10.1. The number of hydrogen-bond donors (Lipinski definition) is 3. The lowest BCUT2D eigenvalue weighted by Crippen LogP contribution is -2.37. The summed E-state index contributed by atoms with van der Waals surface area (Å²) < 4.78 is 0. The van der Waals surface area contributed by atoms with Crippen LogP contribution in [0.15, 0.2) is 48.5 Å². The van der Waals surface area contributed by atoms with Gasteiger partial charge in [-0.25, -0.2) is 0 Å². The molecule has 2 amide bonds. The van der Waals surface area contributed by atoms with Crippen LogP contribution >= 0.6 is 12.4 Å². The van der Waals surface area contributed by atoms with Gasteiger partial charge in [0.05, 0.1) is 6.04 Å². The molecule has 5 nitrogen and oxygen atoms in total. The van der Waals surface area contributed by atoms with Crippen molar-refractivity contribution >= 4 is 24.2 Å². The second-order valence-corrected chi connectivity index (χ2v) is 5.88. The van der Waals surface area contributed by atoms with Gasteiger partial charge in [0, 0.05) is 18.7 Å². The van der Waals surface area contributed by atoms with E-state index in [9.17, 15) is 9.59 Å². The highest BCUT2D eigenvalue weighted by molar-refractivity contribution is 5.94. The SMILES string of the molecule is Cc1ccc(CNC(=O)c2cccc(CNC(=O)[C@H](C)N)c2)cc1.Cl. The van der Waals surface area contributed by atoms with Gasteiger partial charge in [-0.05, 0) is 37.1 Å². The van der Waals surface area contributed by atoms with Gasteiger partial charge in [-0.1, -0.05) is 42.0 Å². The maximum Gasteiger partial charge on any atom is 0.251 e. The first-order valence-corrected chi connectivity index (χ1v) is 7.91. The molecule has 0 aliphatic rings. The van der Waals surface area contributed by atoms with Crippen molar-refractivity contribution in [1.82, 2.24) is 10.6 Å². The minimum absolute atomic E-state index is 0. The van der Waals surface area contributed by atoms with Gasteiger partial charge in [-0.15, -0.1) is 12.4 Å². The predicted octanol–water partition coefficient (Wildman–Crippen LogP) is 2.31. The third-order valence-corrected chi connectivity index (χ3v) is 3.64. The molecular weight excluding hydrogens is 338 g/mol. The van der Waals surface area contributed by atoms with Crippen molar-refractivity contribution in [3.8, 4) is 0 Å². The fraction of sp³-hybridized carbons (Fsp3) is 0.263. The summed E-state index contributed by atoms with van der Waals surface area (Å²) in [6, 6.07) is 14.7. The first-order valence-electron chi connectivity index (χ1n) is 7.91. The molecule has 2 rings (SSSR count). The van der Waals surface area contributed by atoms with Crippen LogP contribution in [-0.2, 0) is 17.9 Å². The van der Waals surface area contributed by atoms with Gasteiger partial charge in [0.15, 0.2) is 0 Å². The molecule has 0 saturated heterocycles. The van der Waals surface area contributed by atoms with Crippen LogP contribution in [0, 0.1) is 6.92 Å². The van der Waals surface area contributed by atoms with E-state index in [0.29, 0.717) is 18.7 Å². The Morgan fingerprint density at radius 3 is 2.28 bits per heavy atom. The van der Waals surface area contributed by atoms with Gasteiger partial charge in [0.25, 0.3) is 5.91 Å². The summed E-state index contributed by atoms with van der Waals surface area (Å²) in [6.45, 7) is 4.48. The largest absolute Gasteiger partial charge is 0.351 e. The molecule has 0 aliphatic carbocycles. The smallest absolute Gasteiger partial charge is 0.251 e. The van der Waals surface area contributed by atoms with E-state index >= 15 is 0 Å². The van der Waals surface area contributed by atoms with Crippen molar-refractivity contribution in [2.75, 3.05) is 0 Å². The molecule has 0 aliphatic heterocycles. The van der Waals surface area contributed by atoms with Gasteiger partial charge in [-0.3, -0.25) is 9.59 Å². The Hall–Kier alpha value is -2.37. The summed E-state index contributed by atoms with van der Waals surface area (Å²) in [6.07, 6.45) is 0. The molecule has 0 unspecified atom stereocenters. The minimum Gasteiger partial charge on any atom is -0.351 e. The zero-order chi connectivity index (χ0) is 17.5. The summed E-state index contributed by atoms with van der Waals surface area (Å²) in [7, 11) is 0. The Bertz CT molecular complexity index is 715. The maximum absolute atomic E-state index is 12.3. The van der Waals surface area contributed by atoms with E-state index in [1.165, 1.54) is 5.56 Å². The molecule has 1 atom stereocenters. The van der Waals surface area contributed by atoms with Crippen LogP contribution in [0.2, 0.25) is 0 Å². The van der Waals surface area contributed by atoms with Crippen LogP contribution in [0.5, 0.6) is 0 Å². The Kier molecular flexibility index (Phi) is 8.11. The quantitative estimate of drug-likeness (QED) is 0.738. The molecule has 6 heteroatoms. The van der Waals surface area contributed by atoms with E-state index < -0.39 is 6.04 Å². The summed E-state index contributed by atoms with van der Waals surface area (Å²) in [5.74, 6) is -0.361. The summed E-state index contributed by atoms with van der Waals surface area (Å²) in [4.78, 5) is 23.8. The number of aryl methyl sites for hydroxylation is 1. The van der Waals surface area contributed by atoms with Crippen LogP contribution in [0.4, 0.5) is 0 Å². The maximum atomic E-state index is 12.3. The number of halogens is 1. The van der Waals surface area contributed by atoms with E-state index in [2.05, 4.69) is 10.6 Å². The van der Waals surface area contributed by atoms with E-state index in [1.54, 1.807) is 25.1 Å². The normalized spacial score (nSPS) is 11.2. The molecular formula is C19H24ClN3O2. The van der Waals surface area contributed by atoms with Crippen LogP contribution < -0.4 is 16.4 Å². The fourth-order valence-electron chi connectivity index (χ4n) is 2.16. The van der Waals surface area contributed by atoms with Crippen molar-refractivity contribution in [3.63, 3.8) is 0 Å². The lowest BCUT2D eigenvalue weighted by Gasteiger charge is -2.10. The zero-order valence-electron chi connectivity index (χ0n) is 14.4. The molecule has 0 fully saturated rings. The van der Waals surface area contributed by atoms with E-state index in [1.807, 2.05) is 37.3 Å². The van der Waals surface area contributed by atoms with E-state index in [-0.39, 0.29) is 24.2 Å². The molecule has 0 spiro atoms. The van der Waals surface area contributed by atoms with E-state index in [0.717, 1.165) is 11.1 Å². The molecule has 2 aromatic rings. The standard InChI is InChI=1S/C19H23N3O2.ClH/c1-13-6-8-15(9-7-13)11-22-19(24)17-5-3-4-16(10-17)12-21-18(23)14(2)20;/h3-10,14H,11-12,20H2,1-2H3,(H,21,23)(H,22,24);1H/t14-;/m0./s1. The Labute approximate surface area is 154 Å². The number of carbonyl (C=O) groups is 2. The molecule has 134 valence electrons. The number of amides is 2. The van der Waals surface area contributed by atoms with E-state index in [4.69, 9.17) is 5.73 Å². The number of carbonyl (C=O) groups excluding carboxylic acids is 2. The highest BCUT2D eigenvalue weighted by Crippen LogP contribution is 2.07. The molecule has 0 saturated carbocycles. The number of hydrogen-bond acceptors (Lipinski definition) is 3. The fourth-order valence-corrected chi connectivity index (χ4v) is 2.16.